The molecule has 2 rings (SSSR count). The molecule has 94 valence electrons. The minimum Gasteiger partial charge on any atom is -0.368 e. The third-order valence-corrected chi connectivity index (χ3v) is 2.79. The highest BCUT2D eigenvalue weighted by Gasteiger charge is 2.34. The molecule has 0 radical (unpaired) electrons. The second-order valence-electron chi connectivity index (χ2n) is 3.98. The molecule has 2 heterocycles. The van der Waals surface area contributed by atoms with Gasteiger partial charge in [0.25, 0.3) is 0 Å². The van der Waals surface area contributed by atoms with Crippen molar-refractivity contribution in [1.29, 1.82) is 0 Å². The predicted octanol–water partition coefficient (Wildman–Crippen LogP) is 1.90. The van der Waals surface area contributed by atoms with Crippen molar-refractivity contribution in [3.8, 4) is 0 Å². The van der Waals surface area contributed by atoms with Gasteiger partial charge in [0.05, 0.1) is 17.4 Å². The molecule has 0 bridgehead atoms. The zero-order valence-electron chi connectivity index (χ0n) is 9.30. The Balaban J connectivity index is 2.30. The van der Waals surface area contributed by atoms with E-state index in [-0.39, 0.29) is 5.69 Å². The minimum absolute atomic E-state index is 0.184. The average molecular weight is 245 g/mol. The fraction of sp³-hybridized carbons (Fsp3) is 0.545. The van der Waals surface area contributed by atoms with Crippen molar-refractivity contribution in [2.24, 2.45) is 0 Å². The van der Waals surface area contributed by atoms with Crippen LogP contribution in [0.15, 0.2) is 18.5 Å². The lowest BCUT2D eigenvalue weighted by Crippen LogP contribution is -2.30. The van der Waals surface area contributed by atoms with Gasteiger partial charge in [-0.1, -0.05) is 0 Å². The lowest BCUT2D eigenvalue weighted by molar-refractivity contribution is -0.137. The third-order valence-electron chi connectivity index (χ3n) is 2.79. The molecule has 1 aromatic heterocycles. The van der Waals surface area contributed by atoms with Crippen molar-refractivity contribution in [2.75, 3.05) is 31.1 Å². The first-order chi connectivity index (χ1) is 8.09. The van der Waals surface area contributed by atoms with E-state index >= 15 is 0 Å². The van der Waals surface area contributed by atoms with Crippen LogP contribution >= 0.6 is 0 Å². The van der Waals surface area contributed by atoms with Crippen LogP contribution in [0, 0.1) is 0 Å². The van der Waals surface area contributed by atoms with Gasteiger partial charge in [-0.3, -0.25) is 4.98 Å². The number of aromatic nitrogens is 1. The fourth-order valence-corrected chi connectivity index (χ4v) is 1.96. The Hall–Kier alpha value is -1.30. The summed E-state index contributed by atoms with van der Waals surface area (Å²) < 4.78 is 38.5. The summed E-state index contributed by atoms with van der Waals surface area (Å²) in [5.41, 5.74) is -0.418. The van der Waals surface area contributed by atoms with Crippen LogP contribution in [0.2, 0.25) is 0 Å². The highest BCUT2D eigenvalue weighted by atomic mass is 19.4. The van der Waals surface area contributed by atoms with Crippen LogP contribution in [0.25, 0.3) is 0 Å². The maximum Gasteiger partial charge on any atom is 0.418 e. The molecule has 1 aliphatic heterocycles. The zero-order valence-corrected chi connectivity index (χ0v) is 9.30. The molecule has 1 saturated heterocycles. The van der Waals surface area contributed by atoms with E-state index in [2.05, 4.69) is 10.3 Å². The van der Waals surface area contributed by atoms with Crippen LogP contribution < -0.4 is 10.2 Å². The molecule has 0 unspecified atom stereocenters. The van der Waals surface area contributed by atoms with Crippen LogP contribution in [0.4, 0.5) is 18.9 Å². The van der Waals surface area contributed by atoms with E-state index in [0.29, 0.717) is 19.6 Å². The minimum atomic E-state index is -4.32. The Morgan fingerprint density at radius 2 is 2.06 bits per heavy atom. The van der Waals surface area contributed by atoms with Gasteiger partial charge in [0, 0.05) is 25.8 Å². The van der Waals surface area contributed by atoms with Gasteiger partial charge in [-0.15, -0.1) is 0 Å². The molecule has 0 aromatic carbocycles. The molecule has 0 aliphatic carbocycles. The summed E-state index contributed by atoms with van der Waals surface area (Å²) in [6, 6.07) is 1.04. The van der Waals surface area contributed by atoms with Crippen molar-refractivity contribution in [2.45, 2.75) is 12.6 Å². The van der Waals surface area contributed by atoms with Crippen LogP contribution in [-0.2, 0) is 6.18 Å². The molecule has 17 heavy (non-hydrogen) atoms. The molecule has 1 aromatic rings. The number of halogens is 3. The summed E-state index contributed by atoms with van der Waals surface area (Å²) in [4.78, 5) is 5.55. The quantitative estimate of drug-likeness (QED) is 0.819. The van der Waals surface area contributed by atoms with E-state index in [4.69, 9.17) is 0 Å². The van der Waals surface area contributed by atoms with Gasteiger partial charge >= 0.3 is 6.18 Å². The lowest BCUT2D eigenvalue weighted by atomic mass is 10.2. The van der Waals surface area contributed by atoms with E-state index < -0.39 is 11.7 Å². The molecule has 0 spiro atoms. The van der Waals surface area contributed by atoms with Gasteiger partial charge in [-0.2, -0.15) is 13.2 Å². The summed E-state index contributed by atoms with van der Waals surface area (Å²) >= 11 is 0. The highest BCUT2D eigenvalue weighted by Crippen LogP contribution is 2.35. The van der Waals surface area contributed by atoms with Crippen molar-refractivity contribution in [3.63, 3.8) is 0 Å². The predicted molar refractivity (Wildman–Crippen MR) is 58.9 cm³/mol. The molecule has 0 amide bonds. The molecule has 1 fully saturated rings. The van der Waals surface area contributed by atoms with Gasteiger partial charge in [0.2, 0.25) is 0 Å². The van der Waals surface area contributed by atoms with Crippen molar-refractivity contribution in [1.82, 2.24) is 10.3 Å². The number of alkyl halides is 3. The maximum absolute atomic E-state index is 12.8. The third kappa shape index (κ3) is 2.88. The number of hydrogen-bond acceptors (Lipinski definition) is 3. The van der Waals surface area contributed by atoms with Crippen LogP contribution in [-0.4, -0.2) is 31.2 Å². The summed E-state index contributed by atoms with van der Waals surface area (Å²) in [7, 11) is 0. The van der Waals surface area contributed by atoms with Gasteiger partial charge in [0.15, 0.2) is 0 Å². The second kappa shape index (κ2) is 4.91. The van der Waals surface area contributed by atoms with Gasteiger partial charge in [-0.05, 0) is 19.0 Å². The van der Waals surface area contributed by atoms with Crippen molar-refractivity contribution < 1.29 is 13.2 Å². The molecular formula is C11H14F3N3. The molecule has 0 saturated carbocycles. The summed E-state index contributed by atoms with van der Waals surface area (Å²) in [6.45, 7) is 2.75. The number of nitrogens with zero attached hydrogens (tertiary/aromatic N) is 2. The first-order valence-corrected chi connectivity index (χ1v) is 5.56. The first kappa shape index (κ1) is 12.2. The second-order valence-corrected chi connectivity index (χ2v) is 3.98. The number of rotatable bonds is 1. The van der Waals surface area contributed by atoms with Gasteiger partial charge < -0.3 is 10.2 Å². The van der Waals surface area contributed by atoms with E-state index in [1.165, 1.54) is 12.4 Å². The highest BCUT2D eigenvalue weighted by molar-refractivity contribution is 5.53. The Morgan fingerprint density at radius 3 is 2.82 bits per heavy atom. The zero-order chi connectivity index (χ0) is 12.3. The maximum atomic E-state index is 12.8. The summed E-state index contributed by atoms with van der Waals surface area (Å²) in [5, 5.41) is 3.16. The average Bonchev–Trinajstić information content (AvgIpc) is 2.56. The van der Waals surface area contributed by atoms with E-state index in [1.54, 1.807) is 4.90 Å². The Labute approximate surface area is 97.6 Å². The summed E-state index contributed by atoms with van der Waals surface area (Å²) in [6.07, 6.45) is -0.999. The van der Waals surface area contributed by atoms with E-state index in [1.807, 2.05) is 0 Å². The number of anilines is 1. The SMILES string of the molecule is FC(F)(F)c1ccncc1N1CCCNCC1. The van der Waals surface area contributed by atoms with E-state index in [0.717, 1.165) is 19.0 Å². The number of nitrogens with one attached hydrogen (secondary N) is 1. The van der Waals surface area contributed by atoms with Crippen molar-refractivity contribution >= 4 is 5.69 Å². The molecule has 0 atom stereocenters. The van der Waals surface area contributed by atoms with Crippen LogP contribution in [0.5, 0.6) is 0 Å². The van der Waals surface area contributed by atoms with E-state index in [9.17, 15) is 13.2 Å². The largest absolute Gasteiger partial charge is 0.418 e. The monoisotopic (exact) mass is 245 g/mol. The Morgan fingerprint density at radius 1 is 1.24 bits per heavy atom. The fourth-order valence-electron chi connectivity index (χ4n) is 1.96. The standard InChI is InChI=1S/C11H14F3N3/c12-11(13,14)9-2-4-16-8-10(9)17-6-1-3-15-5-7-17/h2,4,8,15H,1,3,5-7H2. The topological polar surface area (TPSA) is 28.2 Å². The van der Waals surface area contributed by atoms with Crippen LogP contribution in [0.3, 0.4) is 0 Å². The normalized spacial score (nSPS) is 17.9. The summed E-state index contributed by atoms with van der Waals surface area (Å²) in [5.74, 6) is 0. The smallest absolute Gasteiger partial charge is 0.368 e. The van der Waals surface area contributed by atoms with Gasteiger partial charge in [-0.25, -0.2) is 0 Å². The number of hydrogen-bond donors (Lipinski definition) is 1. The van der Waals surface area contributed by atoms with Crippen LogP contribution in [0.1, 0.15) is 12.0 Å². The van der Waals surface area contributed by atoms with Crippen molar-refractivity contribution in [3.05, 3.63) is 24.0 Å². The molecule has 6 heteroatoms. The Kier molecular flexibility index (Phi) is 3.51. The molecule has 1 N–H and O–H groups in total. The molecule has 3 nitrogen and oxygen atoms in total. The first-order valence-electron chi connectivity index (χ1n) is 5.56. The molecule has 1 aliphatic rings. The molecular weight excluding hydrogens is 231 g/mol. The Bertz CT molecular complexity index is 370. The number of pyridine rings is 1. The van der Waals surface area contributed by atoms with Gasteiger partial charge in [0.1, 0.15) is 0 Å². The lowest BCUT2D eigenvalue weighted by Gasteiger charge is -2.25.